The zero-order chi connectivity index (χ0) is 39.8. The molecule has 4 fully saturated rings. The highest BCUT2D eigenvalue weighted by molar-refractivity contribution is 6.22. The predicted molar refractivity (Wildman–Crippen MR) is 251 cm³/mol. The minimum atomic E-state index is 0.177. The van der Waals surface area contributed by atoms with E-state index in [1.54, 1.807) is 11.1 Å². The molecule has 4 saturated carbocycles. The second-order valence-electron chi connectivity index (χ2n) is 18.6. The lowest BCUT2D eigenvalue weighted by molar-refractivity contribution is -0.0399. The molecule has 8 aromatic carbocycles. The third-order valence-corrected chi connectivity index (χ3v) is 15.6. The smallest absolute Gasteiger partial charge is 0.235 e. The van der Waals surface area contributed by atoms with Gasteiger partial charge in [0.25, 0.3) is 0 Å². The van der Waals surface area contributed by atoms with E-state index in [2.05, 4.69) is 180 Å². The van der Waals surface area contributed by atoms with Gasteiger partial charge in [0.1, 0.15) is 0 Å². The molecule has 0 amide bonds. The molecule has 10 aromatic rings. The average molecular weight is 782 g/mol. The van der Waals surface area contributed by atoms with Crippen molar-refractivity contribution in [1.29, 1.82) is 0 Å². The topological polar surface area (TPSA) is 30.7 Å². The number of nitrogens with zero attached hydrogens (tertiary/aromatic N) is 3. The van der Waals surface area contributed by atoms with Crippen LogP contribution in [0.4, 0.5) is 0 Å². The summed E-state index contributed by atoms with van der Waals surface area (Å²) in [4.78, 5) is 10.8. The number of benzene rings is 8. The molecule has 15 rings (SSSR count). The molecule has 1 spiro atoms. The van der Waals surface area contributed by atoms with E-state index in [1.807, 2.05) is 0 Å². The number of aromatic nitrogens is 3. The summed E-state index contributed by atoms with van der Waals surface area (Å²) >= 11 is 0. The van der Waals surface area contributed by atoms with E-state index >= 15 is 0 Å². The van der Waals surface area contributed by atoms with E-state index in [0.29, 0.717) is 5.95 Å². The first-order valence-corrected chi connectivity index (χ1v) is 22.3. The Balaban J connectivity index is 0.954. The van der Waals surface area contributed by atoms with Crippen LogP contribution >= 0.6 is 0 Å². The van der Waals surface area contributed by atoms with Gasteiger partial charge in [-0.1, -0.05) is 146 Å². The average Bonchev–Trinajstić information content (AvgIpc) is 3.81. The molecule has 3 nitrogen and oxygen atoms in total. The molecule has 0 aliphatic heterocycles. The molecule has 290 valence electrons. The van der Waals surface area contributed by atoms with Gasteiger partial charge < -0.3 is 0 Å². The molecular weight excluding hydrogens is 739 g/mol. The van der Waals surface area contributed by atoms with Crippen molar-refractivity contribution >= 4 is 43.5 Å². The molecule has 0 unspecified atom stereocenters. The monoisotopic (exact) mass is 781 g/mol. The van der Waals surface area contributed by atoms with Crippen LogP contribution in [-0.4, -0.2) is 14.5 Å². The van der Waals surface area contributed by atoms with Crippen LogP contribution in [0, 0.1) is 23.7 Å². The van der Waals surface area contributed by atoms with Crippen LogP contribution in [0.25, 0.3) is 94.1 Å². The van der Waals surface area contributed by atoms with E-state index in [1.165, 1.54) is 87.0 Å². The van der Waals surface area contributed by atoms with Gasteiger partial charge in [-0.25, -0.2) is 9.97 Å². The van der Waals surface area contributed by atoms with Crippen molar-refractivity contribution in [2.45, 2.75) is 37.5 Å². The molecule has 4 bridgehead atoms. The molecule has 5 aliphatic carbocycles. The van der Waals surface area contributed by atoms with Crippen LogP contribution in [-0.2, 0) is 5.41 Å². The molecule has 2 heterocycles. The van der Waals surface area contributed by atoms with E-state index in [4.69, 9.17) is 9.97 Å². The number of fused-ring (bicyclic) bond motifs is 9. The van der Waals surface area contributed by atoms with Gasteiger partial charge in [-0.2, -0.15) is 0 Å². The fourth-order valence-corrected chi connectivity index (χ4v) is 13.4. The first-order valence-electron chi connectivity index (χ1n) is 22.3. The number of hydrogen-bond acceptors (Lipinski definition) is 2. The summed E-state index contributed by atoms with van der Waals surface area (Å²) in [5, 5.41) is 5.96. The third-order valence-electron chi connectivity index (χ3n) is 15.6. The van der Waals surface area contributed by atoms with E-state index in [9.17, 15) is 0 Å². The lowest BCUT2D eigenvalue weighted by atomic mass is 9.43. The number of hydrogen-bond donors (Lipinski definition) is 0. The summed E-state index contributed by atoms with van der Waals surface area (Å²) in [5.41, 5.74) is 16.4. The fourth-order valence-electron chi connectivity index (χ4n) is 13.4. The Labute approximate surface area is 355 Å². The van der Waals surface area contributed by atoms with Gasteiger partial charge in [0.2, 0.25) is 5.95 Å². The molecule has 2 aromatic heterocycles. The zero-order valence-electron chi connectivity index (χ0n) is 33.9. The van der Waals surface area contributed by atoms with Gasteiger partial charge in [-0.3, -0.25) is 4.57 Å². The Morgan fingerprint density at radius 3 is 1.89 bits per heavy atom. The third kappa shape index (κ3) is 4.75. The summed E-state index contributed by atoms with van der Waals surface area (Å²) < 4.78 is 2.30. The molecule has 0 saturated heterocycles. The second kappa shape index (κ2) is 12.6. The highest BCUT2D eigenvalue weighted by atomic mass is 15.2. The first kappa shape index (κ1) is 33.9. The standard InChI is InChI=1S/C58H43N3/c1-2-10-37(11-3-1)38-18-20-40(21-19-38)56-47-15-7-9-17-52(47)59-57(60-56)61-53-26-24-42(34-49(53)55-45-13-5-4-12-39(45)23-27-54(55)61)41-22-25-51-48(33-41)46-14-6-8-16-50(46)58(51)43-29-35-28-36(31-43)32-44(58)30-35/h1-27,33-36,43-44H,28-32H2. The summed E-state index contributed by atoms with van der Waals surface area (Å²) in [6.07, 6.45) is 7.09. The minimum Gasteiger partial charge on any atom is -0.278 e. The number of rotatable bonds is 4. The molecule has 0 atom stereocenters. The van der Waals surface area contributed by atoms with Gasteiger partial charge in [0.15, 0.2) is 0 Å². The maximum absolute atomic E-state index is 5.46. The highest BCUT2D eigenvalue weighted by Gasteiger charge is 2.61. The normalized spacial score (nSPS) is 22.2. The molecule has 3 heteroatoms. The minimum absolute atomic E-state index is 0.177. The Bertz CT molecular complexity index is 3400. The largest absolute Gasteiger partial charge is 0.278 e. The Morgan fingerprint density at radius 2 is 1.05 bits per heavy atom. The molecule has 5 aliphatic rings. The number of para-hydroxylation sites is 1. The van der Waals surface area contributed by atoms with Gasteiger partial charge in [0, 0.05) is 27.1 Å². The Morgan fingerprint density at radius 1 is 0.426 bits per heavy atom. The van der Waals surface area contributed by atoms with Crippen molar-refractivity contribution in [1.82, 2.24) is 14.5 Å². The molecule has 0 radical (unpaired) electrons. The lowest BCUT2D eigenvalue weighted by Crippen LogP contribution is -2.55. The van der Waals surface area contributed by atoms with Crippen LogP contribution in [0.2, 0.25) is 0 Å². The maximum atomic E-state index is 5.46. The lowest BCUT2D eigenvalue weighted by Gasteiger charge is -2.61. The quantitative estimate of drug-likeness (QED) is 0.178. The van der Waals surface area contributed by atoms with Crippen LogP contribution < -0.4 is 0 Å². The van der Waals surface area contributed by atoms with E-state index in [0.717, 1.165) is 56.9 Å². The van der Waals surface area contributed by atoms with Crippen molar-refractivity contribution in [3.05, 3.63) is 187 Å². The summed E-state index contributed by atoms with van der Waals surface area (Å²) in [7, 11) is 0. The van der Waals surface area contributed by atoms with Crippen LogP contribution in [0.5, 0.6) is 0 Å². The molecular formula is C58H43N3. The predicted octanol–water partition coefficient (Wildman–Crippen LogP) is 14.6. The van der Waals surface area contributed by atoms with Gasteiger partial charge in [0.05, 0.1) is 22.2 Å². The SMILES string of the molecule is c1ccc(-c2ccc(-c3nc(-n4c5ccc(-c6ccc7c(c6)-c6ccccc6C76C7CC8CC(C7)CC6C8)cc5c5c6ccccc6ccc54)nc4ccccc34)cc2)cc1. The fraction of sp³-hybridized carbons (Fsp3) is 0.172. The second-order valence-corrected chi connectivity index (χ2v) is 18.6. The van der Waals surface area contributed by atoms with Crippen molar-refractivity contribution in [3.63, 3.8) is 0 Å². The first-order chi connectivity index (χ1) is 30.2. The Kier molecular flexibility index (Phi) is 7.01. The van der Waals surface area contributed by atoms with Crippen molar-refractivity contribution in [3.8, 4) is 50.6 Å². The van der Waals surface area contributed by atoms with Crippen molar-refractivity contribution < 1.29 is 0 Å². The van der Waals surface area contributed by atoms with Gasteiger partial charge in [-0.15, -0.1) is 0 Å². The summed E-state index contributed by atoms with van der Waals surface area (Å²) in [5.74, 6) is 4.08. The van der Waals surface area contributed by atoms with Gasteiger partial charge >= 0.3 is 0 Å². The molecule has 61 heavy (non-hydrogen) atoms. The van der Waals surface area contributed by atoms with E-state index < -0.39 is 0 Å². The maximum Gasteiger partial charge on any atom is 0.235 e. The van der Waals surface area contributed by atoms with Crippen molar-refractivity contribution in [2.24, 2.45) is 23.7 Å². The van der Waals surface area contributed by atoms with Crippen molar-refractivity contribution in [2.75, 3.05) is 0 Å². The Hall–Kier alpha value is -6.84. The van der Waals surface area contributed by atoms with E-state index in [-0.39, 0.29) is 5.41 Å². The van der Waals surface area contributed by atoms with Crippen LogP contribution in [0.15, 0.2) is 176 Å². The van der Waals surface area contributed by atoms with Crippen LogP contribution in [0.1, 0.15) is 43.2 Å². The van der Waals surface area contributed by atoms with Gasteiger partial charge in [-0.05, 0) is 141 Å². The summed E-state index contributed by atoms with van der Waals surface area (Å²) in [6, 6.07) is 65.2. The highest BCUT2D eigenvalue weighted by Crippen LogP contribution is 2.69. The van der Waals surface area contributed by atoms with Crippen LogP contribution in [0.3, 0.4) is 0 Å². The zero-order valence-corrected chi connectivity index (χ0v) is 33.9. The molecule has 0 N–H and O–H groups in total. The summed E-state index contributed by atoms with van der Waals surface area (Å²) in [6.45, 7) is 0.